The summed E-state index contributed by atoms with van der Waals surface area (Å²) >= 11 is 0. The lowest BCUT2D eigenvalue weighted by molar-refractivity contribution is 0.0686. The number of nitrogens with zero attached hydrogens (tertiary/aromatic N) is 4. The Labute approximate surface area is 102 Å². The molecule has 18 heavy (non-hydrogen) atoms. The van der Waals surface area contributed by atoms with E-state index < -0.39 is 17.1 Å². The number of aromatic carboxylic acids is 1. The van der Waals surface area contributed by atoms with Crippen LogP contribution in [0.4, 0.5) is 0 Å². The molecule has 2 heterocycles. The van der Waals surface area contributed by atoms with Gasteiger partial charge >= 0.3 is 5.97 Å². The van der Waals surface area contributed by atoms with Gasteiger partial charge in [0.15, 0.2) is 0 Å². The maximum atomic E-state index is 11.7. The third-order valence-corrected chi connectivity index (χ3v) is 2.39. The molecule has 2 aromatic rings. The zero-order chi connectivity index (χ0) is 13.1. The normalized spacial score (nSPS) is 10.3. The molecule has 0 saturated carbocycles. The van der Waals surface area contributed by atoms with Crippen LogP contribution in [0.2, 0.25) is 0 Å². The minimum atomic E-state index is -1.35. The fraction of sp³-hybridized carbons (Fsp3) is 0.182. The first-order chi connectivity index (χ1) is 8.63. The Morgan fingerprint density at radius 3 is 2.61 bits per heavy atom. The second kappa shape index (κ2) is 4.74. The molecule has 0 bridgehead atoms. The van der Waals surface area contributed by atoms with E-state index in [1.54, 1.807) is 6.92 Å². The van der Waals surface area contributed by atoms with Crippen molar-refractivity contribution in [3.8, 4) is 5.69 Å². The van der Waals surface area contributed by atoms with Crippen LogP contribution in [-0.4, -0.2) is 30.8 Å². The Morgan fingerprint density at radius 2 is 2.06 bits per heavy atom. The monoisotopic (exact) mass is 246 g/mol. The summed E-state index contributed by atoms with van der Waals surface area (Å²) in [6.45, 7) is 1.77. The van der Waals surface area contributed by atoms with E-state index in [-0.39, 0.29) is 0 Å². The molecular weight excluding hydrogens is 236 g/mol. The van der Waals surface area contributed by atoms with Gasteiger partial charge in [0.2, 0.25) is 11.1 Å². The average Bonchev–Trinajstić information content (AvgIpc) is 2.39. The van der Waals surface area contributed by atoms with Gasteiger partial charge in [0.05, 0.1) is 12.4 Å². The molecule has 2 rings (SSSR count). The van der Waals surface area contributed by atoms with Crippen molar-refractivity contribution in [1.29, 1.82) is 0 Å². The van der Waals surface area contributed by atoms with Gasteiger partial charge in [-0.3, -0.25) is 4.79 Å². The molecule has 0 atom stereocenters. The van der Waals surface area contributed by atoms with Crippen molar-refractivity contribution >= 4 is 5.97 Å². The van der Waals surface area contributed by atoms with E-state index in [1.165, 1.54) is 29.6 Å². The van der Waals surface area contributed by atoms with E-state index in [2.05, 4.69) is 15.1 Å². The first-order valence-corrected chi connectivity index (χ1v) is 5.25. The lowest BCUT2D eigenvalue weighted by atomic mass is 10.2. The van der Waals surface area contributed by atoms with Crippen LogP contribution in [0.15, 0.2) is 29.7 Å². The lowest BCUT2D eigenvalue weighted by Crippen LogP contribution is -2.24. The van der Waals surface area contributed by atoms with Crippen molar-refractivity contribution < 1.29 is 9.90 Å². The molecule has 0 aliphatic rings. The summed E-state index contributed by atoms with van der Waals surface area (Å²) in [5.74, 6) is -1.35. The maximum Gasteiger partial charge on any atom is 0.360 e. The van der Waals surface area contributed by atoms with Crippen LogP contribution in [0, 0.1) is 0 Å². The molecule has 0 amide bonds. The largest absolute Gasteiger partial charge is 0.476 e. The van der Waals surface area contributed by atoms with Crippen molar-refractivity contribution in [3.05, 3.63) is 46.4 Å². The highest BCUT2D eigenvalue weighted by Gasteiger charge is 2.15. The van der Waals surface area contributed by atoms with Crippen molar-refractivity contribution in [2.45, 2.75) is 13.3 Å². The summed E-state index contributed by atoms with van der Waals surface area (Å²) in [7, 11) is 0. The maximum absolute atomic E-state index is 11.7. The molecule has 2 aromatic heterocycles. The molecule has 0 aromatic carbocycles. The SMILES string of the molecule is CCc1cn(-c2cncnc2)nc(C(=O)O)c1=O. The zero-order valence-electron chi connectivity index (χ0n) is 9.57. The van der Waals surface area contributed by atoms with Crippen LogP contribution in [0.25, 0.3) is 5.69 Å². The molecule has 0 radical (unpaired) electrons. The lowest BCUT2D eigenvalue weighted by Gasteiger charge is -2.07. The minimum absolute atomic E-state index is 0.381. The van der Waals surface area contributed by atoms with E-state index in [0.717, 1.165) is 0 Å². The average molecular weight is 246 g/mol. The van der Waals surface area contributed by atoms with Crippen molar-refractivity contribution in [2.75, 3.05) is 0 Å². The Balaban J connectivity index is 2.67. The molecule has 0 aliphatic heterocycles. The Bertz CT molecular complexity index is 636. The number of carboxylic acid groups (broad SMARTS) is 1. The topological polar surface area (TPSA) is 98.0 Å². The van der Waals surface area contributed by atoms with Gasteiger partial charge < -0.3 is 5.11 Å². The standard InChI is InChI=1S/C11H10N4O3/c1-2-7-5-15(8-3-12-6-13-4-8)14-9(10(7)16)11(17)18/h3-6H,2H2,1H3,(H,17,18). The van der Waals surface area contributed by atoms with Gasteiger partial charge in [0.25, 0.3) is 0 Å². The van der Waals surface area contributed by atoms with E-state index in [4.69, 9.17) is 5.11 Å². The Morgan fingerprint density at radius 1 is 1.39 bits per heavy atom. The van der Waals surface area contributed by atoms with Gasteiger partial charge in [-0.2, -0.15) is 5.10 Å². The Kier molecular flexibility index (Phi) is 3.13. The summed E-state index contributed by atoms with van der Waals surface area (Å²) < 4.78 is 1.30. The summed E-state index contributed by atoms with van der Waals surface area (Å²) in [6.07, 6.45) is 6.23. The van der Waals surface area contributed by atoms with E-state index in [1.807, 2.05) is 0 Å². The summed E-state index contributed by atoms with van der Waals surface area (Å²) in [6, 6.07) is 0. The number of carboxylic acids is 1. The van der Waals surface area contributed by atoms with Gasteiger partial charge in [-0.25, -0.2) is 19.4 Å². The first-order valence-electron chi connectivity index (χ1n) is 5.25. The minimum Gasteiger partial charge on any atom is -0.476 e. The molecule has 92 valence electrons. The number of aryl methyl sites for hydroxylation is 1. The number of aromatic nitrogens is 4. The van der Waals surface area contributed by atoms with E-state index >= 15 is 0 Å². The zero-order valence-corrected chi connectivity index (χ0v) is 9.57. The Hall–Kier alpha value is -2.57. The number of rotatable bonds is 3. The third-order valence-electron chi connectivity index (χ3n) is 2.39. The molecule has 0 fully saturated rings. The molecule has 0 spiro atoms. The third kappa shape index (κ3) is 2.10. The predicted octanol–water partition coefficient (Wildman–Crippen LogP) is 0.283. The van der Waals surface area contributed by atoms with Crippen molar-refractivity contribution in [3.63, 3.8) is 0 Å². The number of carbonyl (C=O) groups is 1. The van der Waals surface area contributed by atoms with Crippen LogP contribution in [0.3, 0.4) is 0 Å². The van der Waals surface area contributed by atoms with Crippen LogP contribution in [0.1, 0.15) is 23.0 Å². The van der Waals surface area contributed by atoms with E-state index in [0.29, 0.717) is 17.7 Å². The highest BCUT2D eigenvalue weighted by atomic mass is 16.4. The van der Waals surface area contributed by atoms with Crippen LogP contribution < -0.4 is 5.43 Å². The molecule has 7 heteroatoms. The molecule has 7 nitrogen and oxygen atoms in total. The molecule has 0 aliphatic carbocycles. The quantitative estimate of drug-likeness (QED) is 0.835. The smallest absolute Gasteiger partial charge is 0.360 e. The van der Waals surface area contributed by atoms with Crippen molar-refractivity contribution in [1.82, 2.24) is 19.7 Å². The fourth-order valence-corrected chi connectivity index (χ4v) is 1.47. The highest BCUT2D eigenvalue weighted by molar-refractivity contribution is 5.85. The van der Waals surface area contributed by atoms with Gasteiger partial charge in [-0.15, -0.1) is 0 Å². The van der Waals surface area contributed by atoms with Crippen LogP contribution in [-0.2, 0) is 6.42 Å². The second-order valence-electron chi connectivity index (χ2n) is 3.53. The molecule has 0 saturated heterocycles. The fourth-order valence-electron chi connectivity index (χ4n) is 1.47. The summed E-state index contributed by atoms with van der Waals surface area (Å²) in [5.41, 5.74) is -0.183. The van der Waals surface area contributed by atoms with Crippen molar-refractivity contribution in [2.24, 2.45) is 0 Å². The first kappa shape index (κ1) is 11.9. The molecule has 0 unspecified atom stereocenters. The highest BCUT2D eigenvalue weighted by Crippen LogP contribution is 2.03. The summed E-state index contributed by atoms with van der Waals surface area (Å²) in [5, 5.41) is 12.7. The second-order valence-corrected chi connectivity index (χ2v) is 3.53. The molecule has 1 N–H and O–H groups in total. The van der Waals surface area contributed by atoms with Gasteiger partial charge in [0, 0.05) is 11.8 Å². The predicted molar refractivity (Wildman–Crippen MR) is 61.8 cm³/mol. The van der Waals surface area contributed by atoms with Gasteiger partial charge in [-0.05, 0) is 6.42 Å². The van der Waals surface area contributed by atoms with Gasteiger partial charge in [0.1, 0.15) is 12.0 Å². The van der Waals surface area contributed by atoms with Crippen LogP contribution >= 0.6 is 0 Å². The summed E-state index contributed by atoms with van der Waals surface area (Å²) in [4.78, 5) is 30.3. The number of hydrogen-bond acceptors (Lipinski definition) is 5. The molecular formula is C11H10N4O3. The van der Waals surface area contributed by atoms with E-state index in [9.17, 15) is 9.59 Å². The van der Waals surface area contributed by atoms with Gasteiger partial charge in [-0.1, -0.05) is 6.92 Å². The van der Waals surface area contributed by atoms with Crippen LogP contribution in [0.5, 0.6) is 0 Å². The number of hydrogen-bond donors (Lipinski definition) is 1.